The lowest BCUT2D eigenvalue weighted by atomic mass is 10.1. The Balaban J connectivity index is 2.47. The van der Waals surface area contributed by atoms with Crippen LogP contribution in [0.5, 0.6) is 0 Å². The summed E-state index contributed by atoms with van der Waals surface area (Å²) in [6.45, 7) is 0. The molecule has 17 heavy (non-hydrogen) atoms. The number of nitrogen functional groups attached to an aromatic ring is 1. The molecule has 1 aromatic heterocycles. The maximum Gasteiger partial charge on any atom is 0.204 e. The second kappa shape index (κ2) is 5.10. The van der Waals surface area contributed by atoms with E-state index in [2.05, 4.69) is 31.9 Å². The van der Waals surface area contributed by atoms with Crippen LogP contribution in [0.2, 0.25) is 5.02 Å². The maximum atomic E-state index is 12.2. The molecule has 2 aromatic rings. The van der Waals surface area contributed by atoms with Gasteiger partial charge >= 0.3 is 0 Å². The van der Waals surface area contributed by atoms with E-state index in [1.807, 2.05) is 0 Å². The average molecular weight is 396 g/mol. The predicted octanol–water partition coefficient (Wildman–Crippen LogP) is 4.74. The quantitative estimate of drug-likeness (QED) is 0.590. The summed E-state index contributed by atoms with van der Waals surface area (Å²) in [6, 6.07) is 6.64. The number of halogens is 3. The summed E-state index contributed by atoms with van der Waals surface area (Å²) >= 11 is 14.0. The molecule has 0 amide bonds. The Morgan fingerprint density at radius 3 is 2.59 bits per heavy atom. The molecule has 2 nitrogen and oxygen atoms in total. The molecule has 0 bridgehead atoms. The van der Waals surface area contributed by atoms with Gasteiger partial charge in [-0.3, -0.25) is 4.79 Å². The number of anilines is 1. The van der Waals surface area contributed by atoms with Crippen LogP contribution in [-0.4, -0.2) is 5.78 Å². The number of hydrogen-bond acceptors (Lipinski definition) is 3. The minimum Gasteiger partial charge on any atom is -0.399 e. The van der Waals surface area contributed by atoms with Crippen molar-refractivity contribution in [1.82, 2.24) is 0 Å². The Kier molecular flexibility index (Phi) is 3.92. The molecule has 1 aromatic carbocycles. The third-order valence-corrected chi connectivity index (χ3v) is 5.69. The Hall–Kier alpha value is -0.360. The monoisotopic (exact) mass is 393 g/mol. The number of hydrogen-bond donors (Lipinski definition) is 1. The second-order valence-electron chi connectivity index (χ2n) is 3.30. The van der Waals surface area contributed by atoms with Gasteiger partial charge in [-0.25, -0.2) is 0 Å². The lowest BCUT2D eigenvalue weighted by molar-refractivity contribution is 0.104. The summed E-state index contributed by atoms with van der Waals surface area (Å²) < 4.78 is 1.73. The molecule has 0 radical (unpaired) electrons. The minimum absolute atomic E-state index is 0.126. The fourth-order valence-corrected chi connectivity index (χ4v) is 3.50. The molecular weight excluding hydrogens is 389 g/mol. The highest BCUT2D eigenvalue weighted by Gasteiger charge is 2.17. The van der Waals surface area contributed by atoms with Gasteiger partial charge < -0.3 is 5.73 Å². The van der Waals surface area contributed by atoms with E-state index in [-0.39, 0.29) is 5.78 Å². The van der Waals surface area contributed by atoms with Crippen molar-refractivity contribution in [2.75, 3.05) is 5.73 Å². The fourth-order valence-electron chi connectivity index (χ4n) is 1.31. The van der Waals surface area contributed by atoms with Crippen LogP contribution >= 0.6 is 54.8 Å². The van der Waals surface area contributed by atoms with Crippen molar-refractivity contribution in [3.05, 3.63) is 48.0 Å². The number of benzene rings is 1. The maximum absolute atomic E-state index is 12.2. The standard InChI is InChI=1S/C11H6Br2ClNOS/c12-7-4-9(17-11(7)13)10(16)6-3-5(15)1-2-8(6)14/h1-4H,15H2. The van der Waals surface area contributed by atoms with Crippen LogP contribution in [0.4, 0.5) is 5.69 Å². The highest BCUT2D eigenvalue weighted by molar-refractivity contribution is 9.13. The molecule has 0 atom stereocenters. The van der Waals surface area contributed by atoms with E-state index >= 15 is 0 Å². The predicted molar refractivity (Wildman–Crippen MR) is 79.0 cm³/mol. The molecule has 0 spiro atoms. The van der Waals surface area contributed by atoms with Gasteiger partial charge in [0.05, 0.1) is 13.7 Å². The van der Waals surface area contributed by atoms with Crippen LogP contribution in [0, 0.1) is 0 Å². The van der Waals surface area contributed by atoms with Crippen molar-refractivity contribution in [2.24, 2.45) is 0 Å². The van der Waals surface area contributed by atoms with E-state index in [0.29, 0.717) is 21.2 Å². The van der Waals surface area contributed by atoms with Crippen LogP contribution in [0.3, 0.4) is 0 Å². The fraction of sp³-hybridized carbons (Fsp3) is 0. The molecule has 0 saturated heterocycles. The van der Waals surface area contributed by atoms with Crippen molar-refractivity contribution in [2.45, 2.75) is 0 Å². The molecule has 2 rings (SSSR count). The summed E-state index contributed by atoms with van der Waals surface area (Å²) in [7, 11) is 0. The molecule has 0 saturated carbocycles. The molecule has 0 aliphatic heterocycles. The van der Waals surface area contributed by atoms with Crippen molar-refractivity contribution in [1.29, 1.82) is 0 Å². The summed E-state index contributed by atoms with van der Waals surface area (Å²) in [5, 5.41) is 0.407. The molecule has 0 fully saturated rings. The first-order valence-electron chi connectivity index (χ1n) is 4.53. The van der Waals surface area contributed by atoms with Crippen molar-refractivity contribution in [3.63, 3.8) is 0 Å². The van der Waals surface area contributed by atoms with Crippen LogP contribution in [-0.2, 0) is 0 Å². The average Bonchev–Trinajstić information content (AvgIpc) is 2.62. The Bertz CT molecular complexity index is 578. The van der Waals surface area contributed by atoms with Gasteiger partial charge in [-0.1, -0.05) is 11.6 Å². The highest BCUT2D eigenvalue weighted by atomic mass is 79.9. The number of carbonyl (C=O) groups excluding carboxylic acids is 1. The molecular formula is C11H6Br2ClNOS. The largest absolute Gasteiger partial charge is 0.399 e. The van der Waals surface area contributed by atoms with Gasteiger partial charge in [0.1, 0.15) is 0 Å². The molecule has 0 aliphatic rings. The number of thiophene rings is 1. The van der Waals surface area contributed by atoms with Gasteiger partial charge in [0.25, 0.3) is 0 Å². The molecule has 2 N–H and O–H groups in total. The van der Waals surface area contributed by atoms with E-state index in [1.165, 1.54) is 11.3 Å². The van der Waals surface area contributed by atoms with E-state index in [9.17, 15) is 4.79 Å². The number of nitrogens with two attached hydrogens (primary N) is 1. The highest BCUT2D eigenvalue weighted by Crippen LogP contribution is 2.34. The number of rotatable bonds is 2. The van der Waals surface area contributed by atoms with Gasteiger partial charge in [0.15, 0.2) is 0 Å². The Morgan fingerprint density at radius 1 is 1.29 bits per heavy atom. The van der Waals surface area contributed by atoms with Gasteiger partial charge in [-0.15, -0.1) is 11.3 Å². The second-order valence-corrected chi connectivity index (χ2v) is 6.93. The normalized spacial score (nSPS) is 10.5. The topological polar surface area (TPSA) is 43.1 Å². The first-order valence-corrected chi connectivity index (χ1v) is 7.31. The first-order chi connectivity index (χ1) is 7.99. The van der Waals surface area contributed by atoms with Crippen LogP contribution in [0.1, 0.15) is 15.2 Å². The van der Waals surface area contributed by atoms with E-state index in [0.717, 1.165) is 8.26 Å². The van der Waals surface area contributed by atoms with E-state index in [1.54, 1.807) is 24.3 Å². The van der Waals surface area contributed by atoms with Gasteiger partial charge in [0.2, 0.25) is 5.78 Å². The SMILES string of the molecule is Nc1ccc(Cl)c(C(=O)c2cc(Br)c(Br)s2)c1. The zero-order valence-corrected chi connectivity index (χ0v) is 13.1. The summed E-state index contributed by atoms with van der Waals surface area (Å²) in [5.41, 5.74) is 6.60. The van der Waals surface area contributed by atoms with Crippen molar-refractivity contribution < 1.29 is 4.79 Å². The summed E-state index contributed by atoms with van der Waals surface area (Å²) in [4.78, 5) is 12.8. The lowest BCUT2D eigenvalue weighted by Crippen LogP contribution is -2.00. The summed E-state index contributed by atoms with van der Waals surface area (Å²) in [5.74, 6) is -0.126. The molecule has 88 valence electrons. The zero-order chi connectivity index (χ0) is 12.6. The smallest absolute Gasteiger partial charge is 0.204 e. The van der Waals surface area contributed by atoms with Crippen molar-refractivity contribution >= 4 is 66.3 Å². The van der Waals surface area contributed by atoms with Gasteiger partial charge in [-0.05, 0) is 56.1 Å². The van der Waals surface area contributed by atoms with E-state index < -0.39 is 0 Å². The first kappa shape index (κ1) is 13.1. The third kappa shape index (κ3) is 2.73. The third-order valence-electron chi connectivity index (χ3n) is 2.10. The van der Waals surface area contributed by atoms with Crippen LogP contribution in [0.15, 0.2) is 32.5 Å². The molecule has 0 aliphatic carbocycles. The van der Waals surface area contributed by atoms with E-state index in [4.69, 9.17) is 17.3 Å². The van der Waals surface area contributed by atoms with Crippen LogP contribution in [0.25, 0.3) is 0 Å². The van der Waals surface area contributed by atoms with Crippen molar-refractivity contribution in [3.8, 4) is 0 Å². The molecule has 1 heterocycles. The van der Waals surface area contributed by atoms with Crippen LogP contribution < -0.4 is 5.73 Å². The molecule has 0 unspecified atom stereocenters. The number of ketones is 1. The van der Waals surface area contributed by atoms with Gasteiger partial charge in [0, 0.05) is 15.7 Å². The Labute approximate surface area is 124 Å². The zero-order valence-electron chi connectivity index (χ0n) is 8.34. The number of carbonyl (C=O) groups is 1. The summed E-state index contributed by atoms with van der Waals surface area (Å²) in [6.07, 6.45) is 0. The molecule has 6 heteroatoms. The van der Waals surface area contributed by atoms with Gasteiger partial charge in [-0.2, -0.15) is 0 Å². The Morgan fingerprint density at radius 2 is 2.00 bits per heavy atom. The minimum atomic E-state index is -0.126. The lowest BCUT2D eigenvalue weighted by Gasteiger charge is -2.02.